The second kappa shape index (κ2) is 5.65. The van der Waals surface area contributed by atoms with Crippen LogP contribution in [-0.2, 0) is 6.54 Å². The molecule has 4 aromatic rings. The lowest BCUT2D eigenvalue weighted by atomic mass is 10.0. The Bertz CT molecular complexity index is 1020. The SMILES string of the molecule is O=C(C[n+]1ccc2ccccc2c1)c1ccc2ccccc2c1. The van der Waals surface area contributed by atoms with Gasteiger partial charge >= 0.3 is 0 Å². The van der Waals surface area contributed by atoms with Gasteiger partial charge in [-0.2, -0.15) is 4.57 Å². The molecule has 23 heavy (non-hydrogen) atoms. The molecular formula is C21H16NO+. The summed E-state index contributed by atoms with van der Waals surface area (Å²) in [6.45, 7) is 0.350. The lowest BCUT2D eigenvalue weighted by Crippen LogP contribution is -2.37. The number of hydrogen-bond donors (Lipinski definition) is 0. The second-order valence-electron chi connectivity index (χ2n) is 5.73. The van der Waals surface area contributed by atoms with Crippen molar-refractivity contribution in [2.45, 2.75) is 6.54 Å². The Kier molecular flexibility index (Phi) is 3.35. The van der Waals surface area contributed by atoms with Crippen molar-refractivity contribution in [1.82, 2.24) is 0 Å². The largest absolute Gasteiger partial charge is 0.287 e. The summed E-state index contributed by atoms with van der Waals surface area (Å²) >= 11 is 0. The van der Waals surface area contributed by atoms with Crippen molar-refractivity contribution in [3.8, 4) is 0 Å². The summed E-state index contributed by atoms with van der Waals surface area (Å²) in [6.07, 6.45) is 3.98. The van der Waals surface area contributed by atoms with E-state index in [-0.39, 0.29) is 5.78 Å². The van der Waals surface area contributed by atoms with E-state index in [0.717, 1.165) is 21.7 Å². The molecule has 0 aliphatic carbocycles. The van der Waals surface area contributed by atoms with Crippen LogP contribution < -0.4 is 4.57 Å². The van der Waals surface area contributed by atoms with E-state index in [4.69, 9.17) is 0 Å². The van der Waals surface area contributed by atoms with E-state index in [1.165, 1.54) is 5.39 Å². The molecule has 0 radical (unpaired) electrons. The molecule has 0 unspecified atom stereocenters. The lowest BCUT2D eigenvalue weighted by Gasteiger charge is -2.02. The Labute approximate surface area is 134 Å². The fourth-order valence-corrected chi connectivity index (χ4v) is 2.90. The van der Waals surface area contributed by atoms with Crippen molar-refractivity contribution in [2.24, 2.45) is 0 Å². The van der Waals surface area contributed by atoms with Crippen LogP contribution in [0.1, 0.15) is 10.4 Å². The number of nitrogens with zero attached hydrogens (tertiary/aromatic N) is 1. The van der Waals surface area contributed by atoms with Crippen molar-refractivity contribution in [3.63, 3.8) is 0 Å². The molecule has 2 heteroatoms. The second-order valence-corrected chi connectivity index (χ2v) is 5.73. The molecule has 0 saturated carbocycles. The number of ketones is 1. The van der Waals surface area contributed by atoms with Gasteiger partial charge in [0.05, 0.1) is 0 Å². The topological polar surface area (TPSA) is 20.9 Å². The van der Waals surface area contributed by atoms with Gasteiger partial charge in [-0.1, -0.05) is 54.6 Å². The van der Waals surface area contributed by atoms with Gasteiger partial charge in [-0.05, 0) is 28.3 Å². The normalized spacial score (nSPS) is 11.0. The van der Waals surface area contributed by atoms with Crippen molar-refractivity contribution in [3.05, 3.63) is 90.8 Å². The van der Waals surface area contributed by atoms with Crippen LogP contribution in [-0.4, -0.2) is 5.78 Å². The highest BCUT2D eigenvalue weighted by Gasteiger charge is 2.13. The minimum Gasteiger partial charge on any atom is -0.287 e. The number of rotatable bonds is 3. The highest BCUT2D eigenvalue weighted by molar-refractivity contribution is 5.99. The minimum absolute atomic E-state index is 0.121. The molecule has 0 spiro atoms. The van der Waals surface area contributed by atoms with E-state index in [9.17, 15) is 4.79 Å². The van der Waals surface area contributed by atoms with Crippen LogP contribution in [0, 0.1) is 0 Å². The fraction of sp³-hybridized carbons (Fsp3) is 0.0476. The molecule has 0 amide bonds. The zero-order valence-corrected chi connectivity index (χ0v) is 12.6. The number of carbonyl (C=O) groups is 1. The maximum Gasteiger partial charge on any atom is 0.227 e. The van der Waals surface area contributed by atoms with Gasteiger partial charge in [0.25, 0.3) is 0 Å². The first-order chi connectivity index (χ1) is 11.3. The summed E-state index contributed by atoms with van der Waals surface area (Å²) in [5.41, 5.74) is 0.754. The van der Waals surface area contributed by atoms with Crippen LogP contribution in [0.4, 0.5) is 0 Å². The smallest absolute Gasteiger partial charge is 0.227 e. The van der Waals surface area contributed by atoms with Gasteiger partial charge in [0, 0.05) is 17.0 Å². The van der Waals surface area contributed by atoms with E-state index in [0.29, 0.717) is 6.54 Å². The van der Waals surface area contributed by atoms with E-state index in [2.05, 4.69) is 18.2 Å². The fourth-order valence-electron chi connectivity index (χ4n) is 2.90. The predicted octanol–water partition coefficient (Wildman–Crippen LogP) is 4.16. The van der Waals surface area contributed by atoms with Crippen LogP contribution in [0.15, 0.2) is 85.2 Å². The number of carbonyl (C=O) groups excluding carboxylic acids is 1. The highest BCUT2D eigenvalue weighted by Crippen LogP contribution is 2.16. The number of pyridine rings is 1. The van der Waals surface area contributed by atoms with Gasteiger partial charge in [-0.3, -0.25) is 4.79 Å². The Balaban J connectivity index is 1.64. The first-order valence-corrected chi connectivity index (χ1v) is 7.69. The summed E-state index contributed by atoms with van der Waals surface area (Å²) in [5, 5.41) is 4.58. The van der Waals surface area contributed by atoms with Crippen LogP contribution in [0.25, 0.3) is 21.5 Å². The molecule has 0 bridgehead atoms. The zero-order chi connectivity index (χ0) is 15.6. The molecule has 0 fully saturated rings. The van der Waals surface area contributed by atoms with Crippen LogP contribution in [0.5, 0.6) is 0 Å². The van der Waals surface area contributed by atoms with Crippen LogP contribution >= 0.6 is 0 Å². The monoisotopic (exact) mass is 298 g/mol. The van der Waals surface area contributed by atoms with Gasteiger partial charge in [-0.25, -0.2) is 0 Å². The van der Waals surface area contributed by atoms with E-state index < -0.39 is 0 Å². The number of Topliss-reactive ketones (excluding diaryl/α,β-unsaturated/α-hetero) is 1. The van der Waals surface area contributed by atoms with Crippen molar-refractivity contribution in [1.29, 1.82) is 0 Å². The number of benzene rings is 3. The Morgan fingerprint density at radius 1 is 0.739 bits per heavy atom. The zero-order valence-electron chi connectivity index (χ0n) is 12.6. The molecule has 0 N–H and O–H groups in total. The highest BCUT2D eigenvalue weighted by atomic mass is 16.1. The third-order valence-corrected chi connectivity index (χ3v) is 4.14. The molecule has 0 aliphatic heterocycles. The summed E-state index contributed by atoms with van der Waals surface area (Å²) in [7, 11) is 0. The average molecular weight is 298 g/mol. The molecule has 0 atom stereocenters. The molecule has 3 aromatic carbocycles. The molecule has 2 nitrogen and oxygen atoms in total. The third-order valence-electron chi connectivity index (χ3n) is 4.14. The molecule has 1 heterocycles. The van der Waals surface area contributed by atoms with Crippen molar-refractivity contribution in [2.75, 3.05) is 0 Å². The minimum atomic E-state index is 0.121. The first-order valence-electron chi connectivity index (χ1n) is 7.69. The Morgan fingerprint density at radius 2 is 1.39 bits per heavy atom. The molecule has 0 saturated heterocycles. The summed E-state index contributed by atoms with van der Waals surface area (Å²) < 4.78 is 1.94. The van der Waals surface area contributed by atoms with E-state index in [1.54, 1.807) is 0 Å². The molecular weight excluding hydrogens is 282 g/mol. The van der Waals surface area contributed by atoms with Gasteiger partial charge < -0.3 is 0 Å². The first kappa shape index (κ1) is 13.6. The number of aromatic nitrogens is 1. The van der Waals surface area contributed by atoms with E-state index >= 15 is 0 Å². The van der Waals surface area contributed by atoms with Gasteiger partial charge in [0.1, 0.15) is 0 Å². The summed E-state index contributed by atoms with van der Waals surface area (Å²) in [6, 6.07) is 24.2. The van der Waals surface area contributed by atoms with Crippen molar-refractivity contribution < 1.29 is 9.36 Å². The van der Waals surface area contributed by atoms with Gasteiger partial charge in [-0.15, -0.1) is 0 Å². The molecule has 1 aromatic heterocycles. The van der Waals surface area contributed by atoms with Crippen LogP contribution in [0.2, 0.25) is 0 Å². The standard InChI is InChI=1S/C21H16NO/c23-21(19-10-9-16-5-1-3-7-18(16)13-19)15-22-12-11-17-6-2-4-8-20(17)14-22/h1-14H,15H2/q+1. The van der Waals surface area contributed by atoms with Gasteiger partial charge in [0.15, 0.2) is 12.4 Å². The number of hydrogen-bond acceptors (Lipinski definition) is 1. The summed E-state index contributed by atoms with van der Waals surface area (Å²) in [4.78, 5) is 12.6. The van der Waals surface area contributed by atoms with Crippen molar-refractivity contribution >= 4 is 27.3 Å². The Hall–Kier alpha value is -3.00. The molecule has 4 rings (SSSR count). The number of fused-ring (bicyclic) bond motifs is 2. The van der Waals surface area contributed by atoms with E-state index in [1.807, 2.05) is 71.6 Å². The maximum atomic E-state index is 12.6. The summed E-state index contributed by atoms with van der Waals surface area (Å²) in [5.74, 6) is 0.121. The lowest BCUT2D eigenvalue weighted by molar-refractivity contribution is -0.681. The molecule has 110 valence electrons. The van der Waals surface area contributed by atoms with Gasteiger partial charge in [0.2, 0.25) is 12.3 Å². The quantitative estimate of drug-likeness (QED) is 0.411. The Morgan fingerprint density at radius 3 is 2.17 bits per heavy atom. The predicted molar refractivity (Wildman–Crippen MR) is 92.4 cm³/mol. The van der Waals surface area contributed by atoms with Crippen LogP contribution in [0.3, 0.4) is 0 Å². The third kappa shape index (κ3) is 2.71. The average Bonchev–Trinajstić information content (AvgIpc) is 2.61. The maximum absolute atomic E-state index is 12.6. The molecule has 0 aliphatic rings.